The highest BCUT2D eigenvalue weighted by atomic mass is 19.4. The van der Waals surface area contributed by atoms with E-state index in [1.807, 2.05) is 6.07 Å². The van der Waals surface area contributed by atoms with Crippen LogP contribution in [0, 0.1) is 0 Å². The Labute approximate surface area is 109 Å². The summed E-state index contributed by atoms with van der Waals surface area (Å²) >= 11 is 0. The van der Waals surface area contributed by atoms with Crippen molar-refractivity contribution >= 4 is 0 Å². The Morgan fingerprint density at radius 2 is 1.79 bits per heavy atom. The van der Waals surface area contributed by atoms with Gasteiger partial charge in [-0.05, 0) is 35.7 Å². The number of hydrogen-bond donors (Lipinski definition) is 1. The van der Waals surface area contributed by atoms with Crippen LogP contribution in [0.15, 0.2) is 48.8 Å². The van der Waals surface area contributed by atoms with Crippen LogP contribution in [0.25, 0.3) is 0 Å². The zero-order chi connectivity index (χ0) is 13.9. The number of benzene rings is 1. The number of aromatic nitrogens is 1. The first-order valence-corrected chi connectivity index (χ1v) is 5.78. The van der Waals surface area contributed by atoms with Crippen LogP contribution < -0.4 is 5.73 Å². The Morgan fingerprint density at radius 3 is 2.32 bits per heavy atom. The zero-order valence-electron chi connectivity index (χ0n) is 10.1. The molecule has 0 aliphatic rings. The molecule has 100 valence electrons. The van der Waals surface area contributed by atoms with E-state index in [1.54, 1.807) is 18.5 Å². The SMILES string of the molecule is NC(Cc1ccc(C(F)(F)F)cc1)c1cccnc1. The first kappa shape index (κ1) is 13.5. The fourth-order valence-electron chi connectivity index (χ4n) is 1.80. The van der Waals surface area contributed by atoms with Gasteiger partial charge in [-0.3, -0.25) is 4.98 Å². The summed E-state index contributed by atoms with van der Waals surface area (Å²) in [6.07, 6.45) is -0.517. The molecule has 1 heterocycles. The second kappa shape index (κ2) is 5.40. The van der Waals surface area contributed by atoms with Crippen molar-refractivity contribution in [2.75, 3.05) is 0 Å². The third kappa shape index (κ3) is 3.54. The molecule has 0 aliphatic carbocycles. The molecule has 0 radical (unpaired) electrons. The Kier molecular flexibility index (Phi) is 3.85. The normalized spacial score (nSPS) is 13.3. The molecule has 19 heavy (non-hydrogen) atoms. The van der Waals surface area contributed by atoms with Crippen molar-refractivity contribution in [3.63, 3.8) is 0 Å². The fourth-order valence-corrected chi connectivity index (χ4v) is 1.80. The van der Waals surface area contributed by atoms with Crippen LogP contribution in [-0.2, 0) is 12.6 Å². The Bertz CT molecular complexity index is 521. The first-order valence-electron chi connectivity index (χ1n) is 5.78. The van der Waals surface area contributed by atoms with Crippen LogP contribution in [-0.4, -0.2) is 4.98 Å². The van der Waals surface area contributed by atoms with Crippen LogP contribution in [0.5, 0.6) is 0 Å². The van der Waals surface area contributed by atoms with E-state index >= 15 is 0 Å². The van der Waals surface area contributed by atoms with Crippen LogP contribution in [0.1, 0.15) is 22.7 Å². The molecule has 0 amide bonds. The molecule has 1 atom stereocenters. The maximum absolute atomic E-state index is 12.4. The molecule has 0 saturated heterocycles. The third-order valence-electron chi connectivity index (χ3n) is 2.85. The monoisotopic (exact) mass is 266 g/mol. The largest absolute Gasteiger partial charge is 0.416 e. The molecule has 1 aromatic carbocycles. The fraction of sp³-hybridized carbons (Fsp3) is 0.214. The molecule has 2 N–H and O–H groups in total. The van der Waals surface area contributed by atoms with Crippen molar-refractivity contribution in [2.45, 2.75) is 18.6 Å². The number of pyridine rings is 1. The van der Waals surface area contributed by atoms with Gasteiger partial charge in [0.1, 0.15) is 0 Å². The molecule has 0 spiro atoms. The lowest BCUT2D eigenvalue weighted by Crippen LogP contribution is -2.13. The third-order valence-corrected chi connectivity index (χ3v) is 2.85. The lowest BCUT2D eigenvalue weighted by molar-refractivity contribution is -0.137. The van der Waals surface area contributed by atoms with Crippen molar-refractivity contribution < 1.29 is 13.2 Å². The lowest BCUT2D eigenvalue weighted by Gasteiger charge is -2.12. The average Bonchev–Trinajstić information content (AvgIpc) is 2.39. The van der Waals surface area contributed by atoms with Gasteiger partial charge in [-0.1, -0.05) is 18.2 Å². The predicted molar refractivity (Wildman–Crippen MR) is 66.3 cm³/mol. The molecule has 1 unspecified atom stereocenters. The van der Waals surface area contributed by atoms with Gasteiger partial charge in [0.15, 0.2) is 0 Å². The highest BCUT2D eigenvalue weighted by Crippen LogP contribution is 2.29. The van der Waals surface area contributed by atoms with E-state index in [0.717, 1.165) is 23.3 Å². The van der Waals surface area contributed by atoms with E-state index < -0.39 is 11.7 Å². The topological polar surface area (TPSA) is 38.9 Å². The second-order valence-electron chi connectivity index (χ2n) is 4.29. The first-order chi connectivity index (χ1) is 8.97. The summed E-state index contributed by atoms with van der Waals surface area (Å²) in [4.78, 5) is 3.97. The molecular weight excluding hydrogens is 253 g/mol. The summed E-state index contributed by atoms with van der Waals surface area (Å²) in [5.74, 6) is 0. The van der Waals surface area contributed by atoms with Gasteiger partial charge < -0.3 is 5.73 Å². The second-order valence-corrected chi connectivity index (χ2v) is 4.29. The average molecular weight is 266 g/mol. The van der Waals surface area contributed by atoms with E-state index in [4.69, 9.17) is 5.73 Å². The van der Waals surface area contributed by atoms with E-state index in [1.165, 1.54) is 12.1 Å². The Hall–Kier alpha value is -1.88. The molecule has 1 aromatic heterocycles. The summed E-state index contributed by atoms with van der Waals surface area (Å²) in [6, 6.07) is 8.42. The molecule has 2 aromatic rings. The highest BCUT2D eigenvalue weighted by Gasteiger charge is 2.29. The number of hydrogen-bond acceptors (Lipinski definition) is 2. The van der Waals surface area contributed by atoms with E-state index in [-0.39, 0.29) is 6.04 Å². The number of nitrogens with zero attached hydrogens (tertiary/aromatic N) is 1. The smallest absolute Gasteiger partial charge is 0.324 e. The van der Waals surface area contributed by atoms with Crippen molar-refractivity contribution in [2.24, 2.45) is 5.73 Å². The van der Waals surface area contributed by atoms with Crippen LogP contribution in [0.3, 0.4) is 0 Å². The number of alkyl halides is 3. The van der Waals surface area contributed by atoms with Gasteiger partial charge in [0.2, 0.25) is 0 Å². The quantitative estimate of drug-likeness (QED) is 0.925. The molecule has 5 heteroatoms. The van der Waals surface area contributed by atoms with Crippen molar-refractivity contribution in [3.8, 4) is 0 Å². The summed E-state index contributed by atoms with van der Waals surface area (Å²) in [7, 11) is 0. The van der Waals surface area contributed by atoms with E-state index in [9.17, 15) is 13.2 Å². The number of rotatable bonds is 3. The molecule has 2 nitrogen and oxygen atoms in total. The molecule has 0 fully saturated rings. The number of nitrogens with two attached hydrogens (primary N) is 1. The van der Waals surface area contributed by atoms with Gasteiger partial charge in [-0.25, -0.2) is 0 Å². The zero-order valence-corrected chi connectivity index (χ0v) is 10.1. The van der Waals surface area contributed by atoms with E-state index in [0.29, 0.717) is 6.42 Å². The Morgan fingerprint density at radius 1 is 1.11 bits per heavy atom. The Balaban J connectivity index is 2.08. The van der Waals surface area contributed by atoms with Crippen LogP contribution in [0.2, 0.25) is 0 Å². The summed E-state index contributed by atoms with van der Waals surface area (Å²) in [5.41, 5.74) is 6.97. The maximum atomic E-state index is 12.4. The van der Waals surface area contributed by atoms with Crippen LogP contribution in [0.4, 0.5) is 13.2 Å². The molecule has 0 saturated carbocycles. The minimum atomic E-state index is -4.30. The van der Waals surface area contributed by atoms with E-state index in [2.05, 4.69) is 4.98 Å². The number of halogens is 3. The summed E-state index contributed by atoms with van der Waals surface area (Å²) in [5, 5.41) is 0. The van der Waals surface area contributed by atoms with Gasteiger partial charge >= 0.3 is 6.18 Å². The lowest BCUT2D eigenvalue weighted by atomic mass is 10.00. The molecular formula is C14H13F3N2. The predicted octanol–water partition coefficient (Wildman–Crippen LogP) is 3.34. The minimum Gasteiger partial charge on any atom is -0.324 e. The molecule has 0 aliphatic heterocycles. The summed E-state index contributed by atoms with van der Waals surface area (Å²) < 4.78 is 37.2. The minimum absolute atomic E-state index is 0.273. The standard InChI is InChI=1S/C14H13F3N2/c15-14(16,17)12-5-3-10(4-6-12)8-13(18)11-2-1-7-19-9-11/h1-7,9,13H,8,18H2. The van der Waals surface area contributed by atoms with Gasteiger partial charge in [0.25, 0.3) is 0 Å². The van der Waals surface area contributed by atoms with Gasteiger partial charge in [0.05, 0.1) is 5.56 Å². The molecule has 2 rings (SSSR count). The van der Waals surface area contributed by atoms with Gasteiger partial charge in [-0.15, -0.1) is 0 Å². The highest BCUT2D eigenvalue weighted by molar-refractivity contribution is 5.26. The summed E-state index contributed by atoms with van der Waals surface area (Å²) in [6.45, 7) is 0. The van der Waals surface area contributed by atoms with Gasteiger partial charge in [-0.2, -0.15) is 13.2 Å². The van der Waals surface area contributed by atoms with Crippen LogP contribution >= 0.6 is 0 Å². The van der Waals surface area contributed by atoms with Crippen molar-refractivity contribution in [1.82, 2.24) is 4.98 Å². The maximum Gasteiger partial charge on any atom is 0.416 e. The van der Waals surface area contributed by atoms with Crippen molar-refractivity contribution in [1.29, 1.82) is 0 Å². The van der Waals surface area contributed by atoms with Gasteiger partial charge in [0, 0.05) is 18.4 Å². The molecule has 0 bridgehead atoms. The van der Waals surface area contributed by atoms with Crippen molar-refractivity contribution in [3.05, 3.63) is 65.5 Å².